The summed E-state index contributed by atoms with van der Waals surface area (Å²) in [6.07, 6.45) is -1.44. The summed E-state index contributed by atoms with van der Waals surface area (Å²) in [5.41, 5.74) is -0.00737. The Bertz CT molecular complexity index is 931. The van der Waals surface area contributed by atoms with Crippen LogP contribution in [0.15, 0.2) is 28.5 Å². The fraction of sp³-hybridized carbons (Fsp3) is 0.545. The van der Waals surface area contributed by atoms with Gasteiger partial charge in [0.1, 0.15) is 11.2 Å². The Morgan fingerprint density at radius 1 is 0.970 bits per heavy atom. The van der Waals surface area contributed by atoms with Gasteiger partial charge in [-0.2, -0.15) is 13.2 Å². The van der Waals surface area contributed by atoms with E-state index in [2.05, 4.69) is 25.9 Å². The smallest absolute Gasteiger partial charge is 0.443 e. The number of nitrogens with zero attached hydrogens (tertiary/aromatic N) is 3. The molecular weight excluding hydrogens is 507 g/mol. The number of aromatic nitrogens is 2. The number of imide groups is 1. The van der Waals surface area contributed by atoms with Gasteiger partial charge < -0.3 is 9.47 Å². The van der Waals surface area contributed by atoms with E-state index in [4.69, 9.17) is 9.47 Å². The number of hydrogen-bond donors (Lipinski definition) is 0. The number of halogens is 4. The molecule has 0 unspecified atom stereocenters. The predicted octanol–water partition coefficient (Wildman–Crippen LogP) is 6.49. The Kier molecular flexibility index (Phi) is 7.98. The van der Waals surface area contributed by atoms with Gasteiger partial charge in [0.15, 0.2) is 0 Å². The van der Waals surface area contributed by atoms with Gasteiger partial charge in [0.05, 0.1) is 6.54 Å². The number of carbonyl (C=O) groups excluding carboxylic acids is 2. The summed E-state index contributed by atoms with van der Waals surface area (Å²) in [6, 6.07) is 0. The van der Waals surface area contributed by atoms with Crippen molar-refractivity contribution in [1.29, 1.82) is 0 Å². The number of alkyl halides is 3. The van der Waals surface area contributed by atoms with Crippen molar-refractivity contribution < 1.29 is 32.2 Å². The number of hydrogen-bond acceptors (Lipinski definition) is 6. The zero-order valence-electron chi connectivity index (χ0n) is 19.3. The number of ether oxygens (including phenoxy) is 2. The maximum Gasteiger partial charge on any atom is 0.451 e. The van der Waals surface area contributed by atoms with Gasteiger partial charge in [0, 0.05) is 22.4 Å². The van der Waals surface area contributed by atoms with Crippen molar-refractivity contribution >= 4 is 33.7 Å². The highest BCUT2D eigenvalue weighted by Crippen LogP contribution is 2.34. The molecule has 7 nitrogen and oxygen atoms in total. The molecule has 2 rings (SSSR count). The summed E-state index contributed by atoms with van der Waals surface area (Å²) in [5, 5.41) is 0. The van der Waals surface area contributed by atoms with Gasteiger partial charge in [-0.1, -0.05) is 22.0 Å². The molecule has 1 heterocycles. The van der Waals surface area contributed by atoms with Gasteiger partial charge in [-0.05, 0) is 65.5 Å². The molecule has 0 fully saturated rings. The van der Waals surface area contributed by atoms with Gasteiger partial charge >= 0.3 is 18.4 Å². The van der Waals surface area contributed by atoms with Gasteiger partial charge in [-0.15, -0.1) is 0 Å². The van der Waals surface area contributed by atoms with E-state index in [1.165, 1.54) is 0 Å². The first-order valence-electron chi connectivity index (χ1n) is 10.2. The topological polar surface area (TPSA) is 81.6 Å². The van der Waals surface area contributed by atoms with Gasteiger partial charge in [0.2, 0.25) is 5.82 Å². The van der Waals surface area contributed by atoms with E-state index in [0.29, 0.717) is 29.6 Å². The molecule has 1 aliphatic carbocycles. The minimum Gasteiger partial charge on any atom is -0.443 e. The van der Waals surface area contributed by atoms with Crippen LogP contribution in [-0.2, 0) is 15.7 Å². The maximum atomic E-state index is 12.8. The van der Waals surface area contributed by atoms with Gasteiger partial charge in [-0.25, -0.2) is 24.5 Å². The number of allylic oxidation sites excluding steroid dienone is 2. The van der Waals surface area contributed by atoms with Crippen LogP contribution >= 0.6 is 15.9 Å². The summed E-state index contributed by atoms with van der Waals surface area (Å²) in [5.74, 6) is -1.22. The van der Waals surface area contributed by atoms with E-state index in [-0.39, 0.29) is 6.54 Å². The lowest BCUT2D eigenvalue weighted by Crippen LogP contribution is -2.44. The van der Waals surface area contributed by atoms with Crippen LogP contribution in [0, 0.1) is 0 Å². The van der Waals surface area contributed by atoms with E-state index >= 15 is 0 Å². The minimum atomic E-state index is -4.63. The van der Waals surface area contributed by atoms with Crippen molar-refractivity contribution in [3.63, 3.8) is 0 Å². The number of amides is 2. The summed E-state index contributed by atoms with van der Waals surface area (Å²) in [7, 11) is 0. The molecule has 0 saturated heterocycles. The molecule has 0 saturated carbocycles. The van der Waals surface area contributed by atoms with Gasteiger partial charge in [0.25, 0.3) is 0 Å². The fourth-order valence-electron chi connectivity index (χ4n) is 2.77. The lowest BCUT2D eigenvalue weighted by atomic mass is 9.95. The monoisotopic (exact) mass is 533 g/mol. The third kappa shape index (κ3) is 8.13. The van der Waals surface area contributed by atoms with E-state index in [9.17, 15) is 22.8 Å². The molecule has 0 spiro atoms. The second-order valence-corrected chi connectivity index (χ2v) is 10.4. The molecule has 0 radical (unpaired) electrons. The summed E-state index contributed by atoms with van der Waals surface area (Å²) < 4.78 is 49.8. The van der Waals surface area contributed by atoms with Crippen LogP contribution in [0.4, 0.5) is 22.8 Å². The van der Waals surface area contributed by atoms with E-state index in [1.54, 1.807) is 47.6 Å². The van der Waals surface area contributed by atoms with Crippen molar-refractivity contribution in [2.24, 2.45) is 0 Å². The SMILES string of the molecule is CC(C)(C)OC(=O)N(CC1=C(Br)CCC(c2cnc(C(F)(F)F)nc2)=C1)C(=O)OC(C)(C)C. The highest BCUT2D eigenvalue weighted by atomic mass is 79.9. The molecule has 1 aromatic heterocycles. The molecule has 0 bridgehead atoms. The first-order chi connectivity index (χ1) is 15.0. The zero-order chi connectivity index (χ0) is 25.2. The van der Waals surface area contributed by atoms with Crippen molar-refractivity contribution in [3.05, 3.63) is 39.9 Å². The second-order valence-electron chi connectivity index (χ2n) is 9.44. The van der Waals surface area contributed by atoms with Crippen molar-refractivity contribution in [1.82, 2.24) is 14.9 Å². The lowest BCUT2D eigenvalue weighted by Gasteiger charge is -2.29. The third-order valence-electron chi connectivity index (χ3n) is 4.14. The molecule has 182 valence electrons. The van der Waals surface area contributed by atoms with Crippen LogP contribution in [0.2, 0.25) is 0 Å². The quantitative estimate of drug-likeness (QED) is 0.441. The first kappa shape index (κ1) is 26.8. The second kappa shape index (κ2) is 9.82. The van der Waals surface area contributed by atoms with Crippen LogP contribution < -0.4 is 0 Å². The molecule has 0 aliphatic heterocycles. The molecule has 11 heteroatoms. The average Bonchev–Trinajstić information content (AvgIpc) is 2.63. The highest BCUT2D eigenvalue weighted by molar-refractivity contribution is 9.11. The number of rotatable bonds is 3. The molecular formula is C22H27BrF3N3O4. The van der Waals surface area contributed by atoms with E-state index in [0.717, 1.165) is 21.8 Å². The number of carbonyl (C=O) groups is 2. The third-order valence-corrected chi connectivity index (χ3v) is 5.05. The molecule has 2 amide bonds. The standard InChI is InChI=1S/C22H27BrF3N3O4/c1-20(2,3)32-18(30)29(19(31)33-21(4,5)6)12-14-9-13(7-8-16(14)23)15-10-27-17(28-11-15)22(24,25)26/h9-11H,7-8,12H2,1-6H3. The van der Waals surface area contributed by atoms with Crippen LogP contribution in [0.3, 0.4) is 0 Å². The Morgan fingerprint density at radius 2 is 1.45 bits per heavy atom. The Balaban J connectivity index is 2.34. The first-order valence-corrected chi connectivity index (χ1v) is 11.0. The normalized spacial score (nSPS) is 15.2. The lowest BCUT2D eigenvalue weighted by molar-refractivity contribution is -0.145. The van der Waals surface area contributed by atoms with E-state index < -0.39 is 35.4 Å². The van der Waals surface area contributed by atoms with Crippen LogP contribution in [0.1, 0.15) is 65.8 Å². The van der Waals surface area contributed by atoms with Crippen molar-refractivity contribution in [2.75, 3.05) is 6.54 Å². The van der Waals surface area contributed by atoms with Crippen molar-refractivity contribution in [2.45, 2.75) is 71.8 Å². The predicted molar refractivity (Wildman–Crippen MR) is 119 cm³/mol. The average molecular weight is 534 g/mol. The minimum absolute atomic E-state index is 0.157. The van der Waals surface area contributed by atoms with E-state index in [1.807, 2.05) is 0 Å². The summed E-state index contributed by atoms with van der Waals surface area (Å²) in [6.45, 7) is 9.91. The molecule has 1 aromatic rings. The van der Waals surface area contributed by atoms with Gasteiger partial charge in [-0.3, -0.25) is 0 Å². The Morgan fingerprint density at radius 3 is 1.88 bits per heavy atom. The highest BCUT2D eigenvalue weighted by Gasteiger charge is 2.35. The largest absolute Gasteiger partial charge is 0.451 e. The van der Waals surface area contributed by atoms with Crippen LogP contribution in [0.25, 0.3) is 5.57 Å². The molecule has 0 atom stereocenters. The molecule has 0 N–H and O–H groups in total. The molecule has 33 heavy (non-hydrogen) atoms. The Hall–Kier alpha value is -2.43. The van der Waals surface area contributed by atoms with Crippen LogP contribution in [-0.4, -0.2) is 44.8 Å². The van der Waals surface area contributed by atoms with Crippen LogP contribution in [0.5, 0.6) is 0 Å². The fourth-order valence-corrected chi connectivity index (χ4v) is 3.21. The summed E-state index contributed by atoms with van der Waals surface area (Å²) in [4.78, 5) is 33.2. The summed E-state index contributed by atoms with van der Waals surface area (Å²) >= 11 is 3.47. The molecule has 0 aromatic carbocycles. The molecule has 1 aliphatic rings. The zero-order valence-corrected chi connectivity index (χ0v) is 20.9. The maximum absolute atomic E-state index is 12.8. The Labute approximate surface area is 199 Å². The van der Waals surface area contributed by atoms with Crippen molar-refractivity contribution in [3.8, 4) is 0 Å².